The van der Waals surface area contributed by atoms with Gasteiger partial charge in [-0.2, -0.15) is 0 Å². The fourth-order valence-corrected chi connectivity index (χ4v) is 1.82. The van der Waals surface area contributed by atoms with E-state index in [0.717, 1.165) is 0 Å². The monoisotopic (exact) mass is 258 g/mol. The molecule has 2 atom stereocenters. The molecule has 0 aliphatic carbocycles. The Morgan fingerprint density at radius 2 is 2.17 bits per heavy atom. The van der Waals surface area contributed by atoms with Gasteiger partial charge in [0.25, 0.3) is 0 Å². The van der Waals surface area contributed by atoms with Crippen molar-refractivity contribution in [3.05, 3.63) is 0 Å². The first-order chi connectivity index (χ1) is 8.47. The summed E-state index contributed by atoms with van der Waals surface area (Å²) >= 11 is 0. The van der Waals surface area contributed by atoms with Gasteiger partial charge in [-0.15, -0.1) is 0 Å². The molecule has 0 bridgehead atoms. The van der Waals surface area contributed by atoms with Gasteiger partial charge in [0.05, 0.1) is 6.61 Å². The van der Waals surface area contributed by atoms with E-state index in [-0.39, 0.29) is 6.61 Å². The van der Waals surface area contributed by atoms with Crippen LogP contribution >= 0.6 is 0 Å². The van der Waals surface area contributed by atoms with Gasteiger partial charge in [0.15, 0.2) is 0 Å². The number of amides is 2. The highest BCUT2D eigenvalue weighted by molar-refractivity contribution is 5.87. The van der Waals surface area contributed by atoms with Gasteiger partial charge in [0, 0.05) is 6.54 Å². The smallest absolute Gasteiger partial charge is 0.328 e. The van der Waals surface area contributed by atoms with Crippen LogP contribution in [0.2, 0.25) is 0 Å². The van der Waals surface area contributed by atoms with E-state index in [4.69, 9.17) is 9.84 Å². The number of nitrogens with zero attached hydrogens (tertiary/aromatic N) is 1. The average Bonchev–Trinajstić information content (AvgIpc) is 2.77. The molecule has 1 saturated heterocycles. The molecule has 7 nitrogen and oxygen atoms in total. The summed E-state index contributed by atoms with van der Waals surface area (Å²) in [5.41, 5.74) is 0. The summed E-state index contributed by atoms with van der Waals surface area (Å²) < 4.78 is 4.88. The number of aliphatic carboxylic acids is 1. The largest absolute Gasteiger partial charge is 0.480 e. The van der Waals surface area contributed by atoms with E-state index in [2.05, 4.69) is 5.32 Å². The number of rotatable bonds is 4. The molecule has 18 heavy (non-hydrogen) atoms. The molecule has 1 heterocycles. The summed E-state index contributed by atoms with van der Waals surface area (Å²) in [6.07, 6.45) is 1.26. The summed E-state index contributed by atoms with van der Waals surface area (Å²) in [5.74, 6) is -1.55. The quantitative estimate of drug-likeness (QED) is 0.702. The molecule has 0 aromatic rings. The van der Waals surface area contributed by atoms with Crippen LogP contribution in [0.15, 0.2) is 0 Å². The van der Waals surface area contributed by atoms with Crippen molar-refractivity contribution in [2.45, 2.75) is 38.8 Å². The van der Waals surface area contributed by atoms with Gasteiger partial charge in [-0.3, -0.25) is 4.79 Å². The molecule has 102 valence electrons. The second-order valence-corrected chi connectivity index (χ2v) is 4.11. The Balaban J connectivity index is 2.61. The number of carboxylic acids is 1. The van der Waals surface area contributed by atoms with Gasteiger partial charge in [0.2, 0.25) is 0 Å². The zero-order chi connectivity index (χ0) is 13.7. The van der Waals surface area contributed by atoms with Gasteiger partial charge < -0.3 is 20.1 Å². The molecule has 0 aromatic heterocycles. The Morgan fingerprint density at radius 3 is 2.72 bits per heavy atom. The number of urea groups is 1. The fraction of sp³-hybridized carbons (Fsp3) is 0.727. The SMILES string of the molecule is CCOC(=O)C1CCCN1C(=O)N[C@H](C)C(=O)O. The third-order valence-electron chi connectivity index (χ3n) is 2.78. The lowest BCUT2D eigenvalue weighted by atomic mass is 10.2. The van der Waals surface area contributed by atoms with Crippen molar-refractivity contribution in [3.8, 4) is 0 Å². The normalized spacial score (nSPS) is 20.3. The van der Waals surface area contributed by atoms with Crippen molar-refractivity contribution in [3.63, 3.8) is 0 Å². The summed E-state index contributed by atoms with van der Waals surface area (Å²) in [4.78, 5) is 35.4. The van der Waals surface area contributed by atoms with Crippen molar-refractivity contribution in [1.29, 1.82) is 0 Å². The van der Waals surface area contributed by atoms with Crippen LogP contribution in [0.5, 0.6) is 0 Å². The number of carbonyl (C=O) groups is 3. The minimum Gasteiger partial charge on any atom is -0.480 e. The molecule has 1 aliphatic rings. The summed E-state index contributed by atoms with van der Waals surface area (Å²) in [6, 6.07) is -2.13. The van der Waals surface area contributed by atoms with Gasteiger partial charge in [-0.25, -0.2) is 9.59 Å². The topological polar surface area (TPSA) is 95.9 Å². The number of hydrogen-bond acceptors (Lipinski definition) is 4. The van der Waals surface area contributed by atoms with E-state index in [1.165, 1.54) is 11.8 Å². The number of carboxylic acid groups (broad SMARTS) is 1. The molecular weight excluding hydrogens is 240 g/mol. The summed E-state index contributed by atoms with van der Waals surface area (Å²) in [5, 5.41) is 11.0. The second-order valence-electron chi connectivity index (χ2n) is 4.11. The first kappa shape index (κ1) is 14.3. The van der Waals surface area contributed by atoms with Gasteiger partial charge in [-0.05, 0) is 26.7 Å². The number of likely N-dealkylation sites (tertiary alicyclic amines) is 1. The Bertz CT molecular complexity index is 344. The zero-order valence-corrected chi connectivity index (χ0v) is 10.5. The second kappa shape index (κ2) is 6.23. The first-order valence-corrected chi connectivity index (χ1v) is 5.94. The van der Waals surface area contributed by atoms with Crippen LogP contribution in [0.4, 0.5) is 4.79 Å². The maximum atomic E-state index is 11.8. The zero-order valence-electron chi connectivity index (χ0n) is 10.5. The minimum atomic E-state index is -1.12. The van der Waals surface area contributed by atoms with E-state index >= 15 is 0 Å². The Morgan fingerprint density at radius 1 is 1.50 bits per heavy atom. The number of hydrogen-bond donors (Lipinski definition) is 2. The van der Waals surface area contributed by atoms with Crippen LogP contribution in [0.3, 0.4) is 0 Å². The lowest BCUT2D eigenvalue weighted by Crippen LogP contribution is -2.50. The molecule has 0 saturated carbocycles. The highest BCUT2D eigenvalue weighted by Crippen LogP contribution is 2.18. The van der Waals surface area contributed by atoms with Gasteiger partial charge in [-0.1, -0.05) is 0 Å². The Labute approximate surface area is 105 Å². The lowest BCUT2D eigenvalue weighted by molar-refractivity contribution is -0.147. The molecule has 2 N–H and O–H groups in total. The average molecular weight is 258 g/mol. The van der Waals surface area contributed by atoms with Gasteiger partial charge >= 0.3 is 18.0 Å². The predicted molar refractivity (Wildman–Crippen MR) is 62.0 cm³/mol. The highest BCUT2D eigenvalue weighted by Gasteiger charge is 2.35. The summed E-state index contributed by atoms with van der Waals surface area (Å²) in [7, 11) is 0. The Hall–Kier alpha value is -1.79. The van der Waals surface area contributed by atoms with E-state index in [1.54, 1.807) is 6.92 Å². The molecular formula is C11H18N2O5. The molecule has 1 fully saturated rings. The first-order valence-electron chi connectivity index (χ1n) is 5.94. The number of nitrogens with one attached hydrogen (secondary N) is 1. The van der Waals surface area contributed by atoms with Crippen molar-refractivity contribution in [2.75, 3.05) is 13.2 Å². The van der Waals surface area contributed by atoms with Crippen LogP contribution in [0.1, 0.15) is 26.7 Å². The Kier molecular flexibility index (Phi) is 4.94. The molecule has 0 aromatic carbocycles. The molecule has 0 spiro atoms. The summed E-state index contributed by atoms with van der Waals surface area (Å²) in [6.45, 7) is 3.76. The molecule has 1 rings (SSSR count). The molecule has 1 unspecified atom stereocenters. The lowest BCUT2D eigenvalue weighted by Gasteiger charge is -2.24. The number of ether oxygens (including phenoxy) is 1. The maximum Gasteiger partial charge on any atom is 0.328 e. The van der Waals surface area contributed by atoms with E-state index in [9.17, 15) is 14.4 Å². The van der Waals surface area contributed by atoms with E-state index in [0.29, 0.717) is 19.4 Å². The maximum absolute atomic E-state index is 11.8. The third kappa shape index (κ3) is 3.35. The van der Waals surface area contributed by atoms with Crippen molar-refractivity contribution < 1.29 is 24.2 Å². The number of carbonyl (C=O) groups excluding carboxylic acids is 2. The highest BCUT2D eigenvalue weighted by atomic mass is 16.5. The van der Waals surface area contributed by atoms with Crippen LogP contribution in [0.25, 0.3) is 0 Å². The molecule has 7 heteroatoms. The standard InChI is InChI=1S/C11H18N2O5/c1-3-18-10(16)8-5-4-6-13(8)11(17)12-7(2)9(14)15/h7-8H,3-6H2,1-2H3,(H,12,17)(H,14,15)/t7-,8?/m1/s1. The van der Waals surface area contributed by atoms with Crippen LogP contribution in [-0.2, 0) is 14.3 Å². The van der Waals surface area contributed by atoms with Crippen LogP contribution in [0, 0.1) is 0 Å². The predicted octanol–water partition coefficient (Wildman–Crippen LogP) is 0.197. The van der Waals surface area contributed by atoms with Crippen molar-refractivity contribution in [2.24, 2.45) is 0 Å². The van der Waals surface area contributed by atoms with E-state index < -0.39 is 30.1 Å². The number of esters is 1. The molecule has 2 amide bonds. The van der Waals surface area contributed by atoms with Crippen LogP contribution < -0.4 is 5.32 Å². The third-order valence-corrected chi connectivity index (χ3v) is 2.78. The van der Waals surface area contributed by atoms with Crippen molar-refractivity contribution in [1.82, 2.24) is 10.2 Å². The molecule has 0 radical (unpaired) electrons. The molecule has 1 aliphatic heterocycles. The van der Waals surface area contributed by atoms with E-state index in [1.807, 2.05) is 0 Å². The minimum absolute atomic E-state index is 0.260. The van der Waals surface area contributed by atoms with Gasteiger partial charge in [0.1, 0.15) is 12.1 Å². The fourth-order valence-electron chi connectivity index (χ4n) is 1.82. The van der Waals surface area contributed by atoms with Crippen LogP contribution in [-0.4, -0.2) is 53.2 Å². The van der Waals surface area contributed by atoms with Crippen molar-refractivity contribution >= 4 is 18.0 Å².